The Morgan fingerprint density at radius 3 is 2.79 bits per heavy atom. The first kappa shape index (κ1) is 12.1. The minimum atomic E-state index is 0.406. The SMILES string of the molecule is Cc1ccn2c(Cl)nc(COc3ccccc3)c2c1. The number of hydrogen-bond acceptors (Lipinski definition) is 2. The fourth-order valence-electron chi connectivity index (χ4n) is 1.99. The molecule has 0 aliphatic rings. The third kappa shape index (κ3) is 2.42. The molecule has 0 aliphatic carbocycles. The van der Waals surface area contributed by atoms with E-state index in [0.717, 1.165) is 17.0 Å². The number of rotatable bonds is 3. The summed E-state index contributed by atoms with van der Waals surface area (Å²) in [7, 11) is 0. The monoisotopic (exact) mass is 272 g/mol. The second-order valence-corrected chi connectivity index (χ2v) is 4.73. The maximum Gasteiger partial charge on any atom is 0.207 e. The molecule has 96 valence electrons. The fourth-order valence-corrected chi connectivity index (χ4v) is 2.24. The van der Waals surface area contributed by atoms with Crippen LogP contribution in [0.15, 0.2) is 48.7 Å². The smallest absolute Gasteiger partial charge is 0.207 e. The minimum Gasteiger partial charge on any atom is -0.487 e. The van der Waals surface area contributed by atoms with Gasteiger partial charge in [0.2, 0.25) is 5.28 Å². The minimum absolute atomic E-state index is 0.406. The highest BCUT2D eigenvalue weighted by molar-refractivity contribution is 6.28. The second-order valence-electron chi connectivity index (χ2n) is 4.39. The molecule has 0 saturated heterocycles. The highest BCUT2D eigenvalue weighted by Gasteiger charge is 2.10. The molecule has 0 saturated carbocycles. The maximum absolute atomic E-state index is 6.11. The predicted molar refractivity (Wildman–Crippen MR) is 75.7 cm³/mol. The molecule has 2 heterocycles. The van der Waals surface area contributed by atoms with Crippen LogP contribution in [0.1, 0.15) is 11.3 Å². The highest BCUT2D eigenvalue weighted by Crippen LogP contribution is 2.20. The second kappa shape index (κ2) is 4.94. The summed E-state index contributed by atoms with van der Waals surface area (Å²) in [4.78, 5) is 4.35. The van der Waals surface area contributed by atoms with Gasteiger partial charge in [0.05, 0.1) is 5.52 Å². The van der Waals surface area contributed by atoms with Crippen LogP contribution in [0.25, 0.3) is 5.52 Å². The number of para-hydroxylation sites is 1. The number of ether oxygens (including phenoxy) is 1. The Balaban J connectivity index is 1.91. The van der Waals surface area contributed by atoms with Gasteiger partial charge in [-0.2, -0.15) is 0 Å². The summed E-state index contributed by atoms with van der Waals surface area (Å²) >= 11 is 6.11. The molecule has 0 unspecified atom stereocenters. The lowest BCUT2D eigenvalue weighted by molar-refractivity contribution is 0.303. The number of fused-ring (bicyclic) bond motifs is 1. The van der Waals surface area contributed by atoms with Crippen molar-refractivity contribution in [2.75, 3.05) is 0 Å². The number of pyridine rings is 1. The van der Waals surface area contributed by atoms with Crippen LogP contribution in [0.5, 0.6) is 5.75 Å². The van der Waals surface area contributed by atoms with Crippen molar-refractivity contribution in [3.05, 3.63) is 65.2 Å². The highest BCUT2D eigenvalue weighted by atomic mass is 35.5. The number of halogens is 1. The van der Waals surface area contributed by atoms with Gasteiger partial charge in [0.15, 0.2) is 0 Å². The molecule has 19 heavy (non-hydrogen) atoms. The van der Waals surface area contributed by atoms with Crippen molar-refractivity contribution in [2.45, 2.75) is 13.5 Å². The van der Waals surface area contributed by atoms with Crippen molar-refractivity contribution < 1.29 is 4.74 Å². The number of hydrogen-bond donors (Lipinski definition) is 0. The predicted octanol–water partition coefficient (Wildman–Crippen LogP) is 3.88. The molecule has 0 atom stereocenters. The Hall–Kier alpha value is -2.00. The van der Waals surface area contributed by atoms with Crippen LogP contribution in [-0.2, 0) is 6.61 Å². The molecular weight excluding hydrogens is 260 g/mol. The zero-order valence-electron chi connectivity index (χ0n) is 10.5. The van der Waals surface area contributed by atoms with Crippen LogP contribution < -0.4 is 4.74 Å². The van der Waals surface area contributed by atoms with E-state index in [1.807, 2.05) is 53.9 Å². The standard InChI is InChI=1S/C15H13ClN2O/c1-11-7-8-18-14(9-11)13(17-15(18)16)10-19-12-5-3-2-4-6-12/h2-9H,10H2,1H3. The number of nitrogens with zero attached hydrogens (tertiary/aromatic N) is 2. The molecule has 0 aliphatic heterocycles. The Morgan fingerprint density at radius 2 is 2.00 bits per heavy atom. The van der Waals surface area contributed by atoms with Crippen molar-refractivity contribution in [3.8, 4) is 5.75 Å². The van der Waals surface area contributed by atoms with E-state index in [4.69, 9.17) is 16.3 Å². The van der Waals surface area contributed by atoms with Crippen LogP contribution in [0.3, 0.4) is 0 Å². The summed E-state index contributed by atoms with van der Waals surface area (Å²) in [5, 5.41) is 0.460. The van der Waals surface area contributed by atoms with E-state index in [9.17, 15) is 0 Å². The number of imidazole rings is 1. The Kier molecular flexibility index (Phi) is 3.13. The van der Waals surface area contributed by atoms with E-state index in [1.165, 1.54) is 5.56 Å². The molecule has 3 nitrogen and oxygen atoms in total. The third-order valence-electron chi connectivity index (χ3n) is 2.95. The van der Waals surface area contributed by atoms with Crippen molar-refractivity contribution in [1.82, 2.24) is 9.38 Å². The quantitative estimate of drug-likeness (QED) is 0.723. The molecule has 0 N–H and O–H groups in total. The van der Waals surface area contributed by atoms with Crippen molar-refractivity contribution >= 4 is 17.1 Å². The van der Waals surface area contributed by atoms with Crippen molar-refractivity contribution in [1.29, 1.82) is 0 Å². The molecule has 0 bridgehead atoms. The average molecular weight is 273 g/mol. The fraction of sp³-hybridized carbons (Fsp3) is 0.133. The maximum atomic E-state index is 6.11. The van der Waals surface area contributed by atoms with Gasteiger partial charge in [-0.05, 0) is 48.4 Å². The van der Waals surface area contributed by atoms with Gasteiger partial charge < -0.3 is 4.74 Å². The van der Waals surface area contributed by atoms with Crippen molar-refractivity contribution in [2.24, 2.45) is 0 Å². The molecule has 0 spiro atoms. The van der Waals surface area contributed by atoms with Gasteiger partial charge in [-0.15, -0.1) is 0 Å². The summed E-state index contributed by atoms with van der Waals surface area (Å²) < 4.78 is 7.58. The summed E-state index contributed by atoms with van der Waals surface area (Å²) in [6.07, 6.45) is 1.92. The van der Waals surface area contributed by atoms with Gasteiger partial charge in [0.25, 0.3) is 0 Å². The molecular formula is C15H13ClN2O. The van der Waals surface area contributed by atoms with Crippen LogP contribution in [-0.4, -0.2) is 9.38 Å². The Bertz CT molecular complexity index is 707. The summed E-state index contributed by atoms with van der Waals surface area (Å²) in [6.45, 7) is 2.45. The number of aromatic nitrogens is 2. The molecule has 0 amide bonds. The first-order valence-electron chi connectivity index (χ1n) is 6.05. The lowest BCUT2D eigenvalue weighted by Gasteiger charge is -2.04. The van der Waals surface area contributed by atoms with Crippen LogP contribution in [0, 0.1) is 6.92 Å². The van der Waals surface area contributed by atoms with Gasteiger partial charge >= 0.3 is 0 Å². The molecule has 3 aromatic rings. The molecule has 2 aromatic heterocycles. The molecule has 3 rings (SSSR count). The van der Waals surface area contributed by atoms with Crippen LogP contribution >= 0.6 is 11.6 Å². The van der Waals surface area contributed by atoms with Gasteiger partial charge in [0, 0.05) is 6.20 Å². The first-order chi connectivity index (χ1) is 9.24. The van der Waals surface area contributed by atoms with Gasteiger partial charge in [-0.25, -0.2) is 4.98 Å². The molecule has 1 aromatic carbocycles. The van der Waals surface area contributed by atoms with E-state index in [-0.39, 0.29) is 0 Å². The topological polar surface area (TPSA) is 26.5 Å². The van der Waals surface area contributed by atoms with Crippen molar-refractivity contribution in [3.63, 3.8) is 0 Å². The van der Waals surface area contributed by atoms with Crippen LogP contribution in [0.4, 0.5) is 0 Å². The summed E-state index contributed by atoms with van der Waals surface area (Å²) in [5.74, 6) is 0.826. The normalized spacial score (nSPS) is 10.8. The average Bonchev–Trinajstić information content (AvgIpc) is 2.74. The van der Waals surface area contributed by atoms with E-state index in [1.54, 1.807) is 0 Å². The lowest BCUT2D eigenvalue weighted by Crippen LogP contribution is -1.96. The van der Waals surface area contributed by atoms with Gasteiger partial charge in [0.1, 0.15) is 18.1 Å². The van der Waals surface area contributed by atoms with E-state index in [0.29, 0.717) is 11.9 Å². The number of aryl methyl sites for hydroxylation is 1. The Labute approximate surface area is 116 Å². The zero-order chi connectivity index (χ0) is 13.2. The van der Waals surface area contributed by atoms with Gasteiger partial charge in [-0.1, -0.05) is 18.2 Å². The van der Waals surface area contributed by atoms with E-state index in [2.05, 4.69) is 11.1 Å². The summed E-state index contributed by atoms with van der Waals surface area (Å²) in [6, 6.07) is 13.7. The molecule has 0 fully saturated rings. The molecule has 4 heteroatoms. The largest absolute Gasteiger partial charge is 0.487 e. The Morgan fingerprint density at radius 1 is 1.21 bits per heavy atom. The zero-order valence-corrected chi connectivity index (χ0v) is 11.3. The molecule has 0 radical (unpaired) electrons. The van der Waals surface area contributed by atoms with Gasteiger partial charge in [-0.3, -0.25) is 4.40 Å². The van der Waals surface area contributed by atoms with E-state index < -0.39 is 0 Å². The van der Waals surface area contributed by atoms with Crippen LogP contribution in [0.2, 0.25) is 5.28 Å². The number of benzene rings is 1. The third-order valence-corrected chi connectivity index (χ3v) is 3.22. The summed E-state index contributed by atoms with van der Waals surface area (Å²) in [5.41, 5.74) is 3.00. The van der Waals surface area contributed by atoms with E-state index >= 15 is 0 Å². The first-order valence-corrected chi connectivity index (χ1v) is 6.43. The lowest BCUT2D eigenvalue weighted by atomic mass is 10.2.